The highest BCUT2D eigenvalue weighted by molar-refractivity contribution is 6.32. The summed E-state index contributed by atoms with van der Waals surface area (Å²) in [5.41, 5.74) is 1.34. The second-order valence-electron chi connectivity index (χ2n) is 6.77. The van der Waals surface area contributed by atoms with Gasteiger partial charge in [0.1, 0.15) is 29.8 Å². The maximum absolute atomic E-state index is 12.4. The third-order valence-electron chi connectivity index (χ3n) is 4.90. The van der Waals surface area contributed by atoms with Gasteiger partial charge in [-0.05, 0) is 36.2 Å². The normalized spacial score (nSPS) is 19.3. The number of alkyl halides is 3. The summed E-state index contributed by atoms with van der Waals surface area (Å²) >= 11 is 5.94. The molecular formula is C21H21ClF3NO5. The Bertz CT molecular complexity index is 902. The summed E-state index contributed by atoms with van der Waals surface area (Å²) in [6, 6.07) is 8.91. The molecule has 2 aromatic carbocycles. The fraction of sp³-hybridized carbons (Fsp3) is 0.381. The zero-order valence-electron chi connectivity index (χ0n) is 16.8. The number of rotatable bonds is 8. The van der Waals surface area contributed by atoms with Crippen LogP contribution in [-0.4, -0.2) is 51.0 Å². The number of ether oxygens (including phenoxy) is 4. The van der Waals surface area contributed by atoms with Crippen molar-refractivity contribution >= 4 is 17.9 Å². The van der Waals surface area contributed by atoms with Gasteiger partial charge in [0.05, 0.1) is 37.5 Å². The number of aldehydes is 1. The molecule has 0 aromatic heterocycles. The Balaban J connectivity index is 1.81. The van der Waals surface area contributed by atoms with E-state index >= 15 is 0 Å². The van der Waals surface area contributed by atoms with Gasteiger partial charge >= 0.3 is 6.36 Å². The summed E-state index contributed by atoms with van der Waals surface area (Å²) in [6.07, 6.45) is -4.20. The summed E-state index contributed by atoms with van der Waals surface area (Å²) in [4.78, 5) is 13.5. The summed E-state index contributed by atoms with van der Waals surface area (Å²) in [5.74, 6) is 0.639. The number of halogens is 4. The summed E-state index contributed by atoms with van der Waals surface area (Å²) in [5, 5.41) is -0.151. The van der Waals surface area contributed by atoms with E-state index in [1.807, 2.05) is 4.90 Å². The third-order valence-corrected chi connectivity index (χ3v) is 5.20. The quantitative estimate of drug-likeness (QED) is 0.545. The van der Waals surface area contributed by atoms with Crippen LogP contribution in [0.1, 0.15) is 17.4 Å². The van der Waals surface area contributed by atoms with Gasteiger partial charge in [-0.2, -0.15) is 0 Å². The molecule has 1 fully saturated rings. The number of carbonyl (C=O) groups is 1. The van der Waals surface area contributed by atoms with E-state index in [0.717, 1.165) is 6.29 Å². The van der Waals surface area contributed by atoms with Crippen LogP contribution in [0.3, 0.4) is 0 Å². The lowest BCUT2D eigenvalue weighted by molar-refractivity contribution is -0.274. The van der Waals surface area contributed by atoms with Crippen LogP contribution in [0.2, 0.25) is 5.02 Å². The lowest BCUT2D eigenvalue weighted by atomic mass is 10.1. The van der Waals surface area contributed by atoms with Crippen molar-refractivity contribution in [2.24, 2.45) is 0 Å². The van der Waals surface area contributed by atoms with Crippen molar-refractivity contribution in [2.75, 3.05) is 27.4 Å². The molecule has 2 unspecified atom stereocenters. The van der Waals surface area contributed by atoms with Crippen molar-refractivity contribution in [1.29, 1.82) is 0 Å². The molecule has 1 aliphatic rings. The van der Waals surface area contributed by atoms with Crippen molar-refractivity contribution in [3.63, 3.8) is 0 Å². The van der Waals surface area contributed by atoms with Crippen LogP contribution in [0.5, 0.6) is 17.2 Å². The Kier molecular flexibility index (Phi) is 7.30. The minimum Gasteiger partial charge on any atom is -0.496 e. The minimum absolute atomic E-state index is 0.151. The molecule has 2 atom stereocenters. The summed E-state index contributed by atoms with van der Waals surface area (Å²) in [7, 11) is 3.06. The van der Waals surface area contributed by atoms with Crippen LogP contribution in [0.4, 0.5) is 13.2 Å². The number of hydrogen-bond donors (Lipinski definition) is 0. The Morgan fingerprint density at radius 2 is 1.84 bits per heavy atom. The number of benzene rings is 2. The molecule has 0 aliphatic carbocycles. The molecule has 31 heavy (non-hydrogen) atoms. The molecule has 1 heterocycles. The summed E-state index contributed by atoms with van der Waals surface area (Å²) in [6.45, 7) is 0.569. The zero-order valence-corrected chi connectivity index (χ0v) is 17.6. The van der Waals surface area contributed by atoms with E-state index in [-0.39, 0.29) is 11.6 Å². The van der Waals surface area contributed by atoms with Gasteiger partial charge in [-0.1, -0.05) is 23.7 Å². The number of methoxy groups -OCH3 is 2. The fourth-order valence-electron chi connectivity index (χ4n) is 3.49. The Labute approximate surface area is 182 Å². The predicted molar refractivity (Wildman–Crippen MR) is 107 cm³/mol. The van der Waals surface area contributed by atoms with Crippen LogP contribution >= 0.6 is 11.6 Å². The smallest absolute Gasteiger partial charge is 0.496 e. The largest absolute Gasteiger partial charge is 0.573 e. The van der Waals surface area contributed by atoms with Crippen molar-refractivity contribution < 1.29 is 36.9 Å². The van der Waals surface area contributed by atoms with Gasteiger partial charge in [-0.25, -0.2) is 0 Å². The van der Waals surface area contributed by atoms with Crippen LogP contribution in [0.15, 0.2) is 36.4 Å². The molecule has 0 amide bonds. The molecule has 0 N–H and O–H groups in total. The molecule has 6 nitrogen and oxygen atoms in total. The van der Waals surface area contributed by atoms with Crippen molar-refractivity contribution in [1.82, 2.24) is 4.90 Å². The van der Waals surface area contributed by atoms with E-state index in [2.05, 4.69) is 4.74 Å². The predicted octanol–water partition coefficient (Wildman–Crippen LogP) is 4.40. The lowest BCUT2D eigenvalue weighted by Crippen LogP contribution is -2.35. The molecule has 0 spiro atoms. The first kappa shape index (κ1) is 23.2. The van der Waals surface area contributed by atoms with E-state index in [9.17, 15) is 18.0 Å². The first-order valence-electron chi connectivity index (χ1n) is 9.35. The average Bonchev–Trinajstić information content (AvgIpc) is 3.14. The molecule has 0 radical (unpaired) electrons. The molecule has 168 valence electrons. The molecule has 0 saturated carbocycles. The molecule has 0 bridgehead atoms. The van der Waals surface area contributed by atoms with Crippen molar-refractivity contribution in [2.45, 2.75) is 25.1 Å². The van der Waals surface area contributed by atoms with Crippen molar-refractivity contribution in [3.8, 4) is 17.2 Å². The van der Waals surface area contributed by atoms with Crippen LogP contribution in [-0.2, 0) is 16.0 Å². The zero-order chi connectivity index (χ0) is 22.6. The Morgan fingerprint density at radius 1 is 1.16 bits per heavy atom. The highest BCUT2D eigenvalue weighted by atomic mass is 35.5. The monoisotopic (exact) mass is 459 g/mol. The maximum atomic E-state index is 12.4. The van der Waals surface area contributed by atoms with Gasteiger partial charge in [0.2, 0.25) is 0 Å². The standard InChI is InChI=1S/C21H21ClF3NO5/c1-28-17-4-3-5-18(29-2)19(17)20-26(14(11-27)12-30-20)9-8-13-6-7-16(15(22)10-13)31-21(23,24)25/h3-7,10-11,14,20H,8-9,12H2,1-2H3. The number of carbonyl (C=O) groups excluding carboxylic acids is 1. The van der Waals surface area contributed by atoms with E-state index in [4.69, 9.17) is 25.8 Å². The summed E-state index contributed by atoms with van der Waals surface area (Å²) < 4.78 is 58.0. The Hall–Kier alpha value is -2.49. The number of hydrogen-bond acceptors (Lipinski definition) is 6. The van der Waals surface area contributed by atoms with Gasteiger partial charge in [0, 0.05) is 6.54 Å². The van der Waals surface area contributed by atoms with E-state index in [0.29, 0.717) is 35.6 Å². The minimum atomic E-state index is -4.82. The number of nitrogens with zero attached hydrogens (tertiary/aromatic N) is 1. The fourth-order valence-corrected chi connectivity index (χ4v) is 3.74. The van der Waals surface area contributed by atoms with Crippen LogP contribution in [0.25, 0.3) is 0 Å². The van der Waals surface area contributed by atoms with E-state index in [1.54, 1.807) is 18.2 Å². The topological polar surface area (TPSA) is 57.2 Å². The van der Waals surface area contributed by atoms with Gasteiger partial charge in [0.25, 0.3) is 0 Å². The van der Waals surface area contributed by atoms with Gasteiger partial charge in [0.15, 0.2) is 0 Å². The van der Waals surface area contributed by atoms with Crippen LogP contribution in [0, 0.1) is 0 Å². The first-order chi connectivity index (χ1) is 14.8. The second kappa shape index (κ2) is 9.76. The second-order valence-corrected chi connectivity index (χ2v) is 7.17. The first-order valence-corrected chi connectivity index (χ1v) is 9.73. The molecule has 10 heteroatoms. The third kappa shape index (κ3) is 5.41. The molecule has 3 rings (SSSR count). The molecule has 1 aliphatic heterocycles. The Morgan fingerprint density at radius 3 is 2.39 bits per heavy atom. The highest BCUT2D eigenvalue weighted by Gasteiger charge is 2.38. The van der Waals surface area contributed by atoms with Gasteiger partial charge < -0.3 is 23.7 Å². The van der Waals surface area contributed by atoms with E-state index in [1.165, 1.54) is 32.4 Å². The van der Waals surface area contributed by atoms with E-state index < -0.39 is 24.4 Å². The molecule has 2 aromatic rings. The van der Waals surface area contributed by atoms with Gasteiger partial charge in [-0.15, -0.1) is 13.2 Å². The van der Waals surface area contributed by atoms with Crippen molar-refractivity contribution in [3.05, 3.63) is 52.5 Å². The highest BCUT2D eigenvalue weighted by Crippen LogP contribution is 2.41. The maximum Gasteiger partial charge on any atom is 0.573 e. The molecular weight excluding hydrogens is 439 g/mol. The lowest BCUT2D eigenvalue weighted by Gasteiger charge is -2.28. The van der Waals surface area contributed by atoms with Crippen LogP contribution < -0.4 is 14.2 Å². The SMILES string of the molecule is COc1cccc(OC)c1C1OCC(C=O)N1CCc1ccc(OC(F)(F)F)c(Cl)c1. The molecule has 1 saturated heterocycles. The van der Waals surface area contributed by atoms with Gasteiger partial charge in [-0.3, -0.25) is 4.90 Å². The average molecular weight is 460 g/mol.